The molecule has 0 heterocycles. The zero-order valence-electron chi connectivity index (χ0n) is 15.5. The topological polar surface area (TPSA) is 74.2 Å². The monoisotopic (exact) mass is 369 g/mol. The van der Waals surface area contributed by atoms with Gasteiger partial charge in [0, 0.05) is 0 Å². The van der Waals surface area contributed by atoms with Crippen LogP contribution in [0.1, 0.15) is 31.4 Å². The van der Waals surface area contributed by atoms with Gasteiger partial charge in [0.2, 0.25) is 0 Å². The third-order valence-electron chi connectivity index (χ3n) is 3.41. The van der Waals surface area contributed by atoms with Crippen molar-refractivity contribution in [3.8, 4) is 11.5 Å². The van der Waals surface area contributed by atoms with Crippen molar-refractivity contribution in [3.05, 3.63) is 35.4 Å². The van der Waals surface area contributed by atoms with Crippen molar-refractivity contribution in [2.75, 3.05) is 25.4 Å². The van der Waals surface area contributed by atoms with E-state index in [2.05, 4.69) is 9.99 Å². The van der Waals surface area contributed by atoms with E-state index >= 15 is 0 Å². The first-order valence-electron chi connectivity index (χ1n) is 8.10. The summed E-state index contributed by atoms with van der Waals surface area (Å²) in [6.45, 7) is 7.97. The number of hydrogen-bond donors (Lipinski definition) is 0. The maximum atomic E-state index is 12.2. The van der Waals surface area contributed by atoms with Crippen LogP contribution in [0.2, 0.25) is 0 Å². The van der Waals surface area contributed by atoms with Gasteiger partial charge in [-0.05, 0) is 50.5 Å². The standard InChI is InChI=1S/C18H27NO5S/c1-6-8-9-23-17-10-14(3)18(15(4)11-17)24-13-25(20,21)12-16(7-2)19-22-5/h6,8,10-11H,7,9,12-13H2,1-5H3/b8-6+,19-16+. The number of aryl methyl sites for hydroxylation is 2. The van der Waals surface area contributed by atoms with Crippen molar-refractivity contribution in [2.24, 2.45) is 5.16 Å². The Morgan fingerprint density at radius 2 is 1.84 bits per heavy atom. The second-order valence-corrected chi connectivity index (χ2v) is 7.62. The molecule has 0 N–H and O–H groups in total. The fourth-order valence-electron chi connectivity index (χ4n) is 2.23. The minimum atomic E-state index is -3.45. The summed E-state index contributed by atoms with van der Waals surface area (Å²) in [7, 11) is -2.05. The Bertz CT molecular complexity index is 700. The molecule has 0 bridgehead atoms. The van der Waals surface area contributed by atoms with Crippen LogP contribution < -0.4 is 9.47 Å². The number of hydrogen-bond acceptors (Lipinski definition) is 6. The molecule has 0 aliphatic rings. The predicted octanol–water partition coefficient (Wildman–Crippen LogP) is 3.42. The van der Waals surface area contributed by atoms with Crippen LogP contribution in [-0.4, -0.2) is 39.5 Å². The van der Waals surface area contributed by atoms with Crippen LogP contribution in [0.4, 0.5) is 0 Å². The van der Waals surface area contributed by atoms with E-state index < -0.39 is 15.8 Å². The van der Waals surface area contributed by atoms with Gasteiger partial charge in [-0.15, -0.1) is 0 Å². The number of sulfone groups is 1. The molecule has 25 heavy (non-hydrogen) atoms. The van der Waals surface area contributed by atoms with E-state index in [9.17, 15) is 8.42 Å². The van der Waals surface area contributed by atoms with Gasteiger partial charge in [-0.25, -0.2) is 8.42 Å². The third-order valence-corrected chi connectivity index (χ3v) is 4.66. The molecule has 0 aliphatic heterocycles. The van der Waals surface area contributed by atoms with E-state index in [4.69, 9.17) is 9.47 Å². The molecule has 0 atom stereocenters. The number of allylic oxidation sites excluding steroid dienone is 1. The van der Waals surface area contributed by atoms with Gasteiger partial charge in [0.1, 0.15) is 25.2 Å². The number of nitrogens with zero attached hydrogens (tertiary/aromatic N) is 1. The van der Waals surface area contributed by atoms with Gasteiger partial charge in [-0.2, -0.15) is 0 Å². The Balaban J connectivity index is 2.81. The summed E-state index contributed by atoms with van der Waals surface area (Å²) in [4.78, 5) is 4.66. The van der Waals surface area contributed by atoms with Crippen molar-refractivity contribution in [1.29, 1.82) is 0 Å². The average Bonchev–Trinajstić information content (AvgIpc) is 2.53. The first-order chi connectivity index (χ1) is 11.8. The molecule has 0 fully saturated rings. The molecule has 1 aromatic rings. The van der Waals surface area contributed by atoms with Gasteiger partial charge in [0.05, 0.1) is 11.5 Å². The molecule has 0 amide bonds. The van der Waals surface area contributed by atoms with Gasteiger partial charge >= 0.3 is 0 Å². The fourth-order valence-corrected chi connectivity index (χ4v) is 3.37. The normalized spacial score (nSPS) is 12.4. The van der Waals surface area contributed by atoms with E-state index in [0.717, 1.165) is 16.9 Å². The Labute approximate surface area is 150 Å². The maximum absolute atomic E-state index is 12.2. The van der Waals surface area contributed by atoms with Crippen LogP contribution in [0.5, 0.6) is 11.5 Å². The summed E-state index contributed by atoms with van der Waals surface area (Å²) < 4.78 is 35.6. The lowest BCUT2D eigenvalue weighted by Crippen LogP contribution is -2.22. The van der Waals surface area contributed by atoms with E-state index in [-0.39, 0.29) is 5.75 Å². The van der Waals surface area contributed by atoms with Crippen LogP contribution in [-0.2, 0) is 14.7 Å². The molecule has 0 radical (unpaired) electrons. The molecule has 6 nitrogen and oxygen atoms in total. The van der Waals surface area contributed by atoms with Gasteiger partial charge in [0.15, 0.2) is 15.8 Å². The van der Waals surface area contributed by atoms with Crippen LogP contribution in [0.3, 0.4) is 0 Å². The minimum Gasteiger partial charge on any atom is -0.490 e. The Morgan fingerprint density at radius 3 is 2.36 bits per heavy atom. The molecule has 0 aromatic heterocycles. The van der Waals surface area contributed by atoms with E-state index in [1.807, 2.05) is 52.0 Å². The first-order valence-corrected chi connectivity index (χ1v) is 9.92. The summed E-state index contributed by atoms with van der Waals surface area (Å²) in [6, 6.07) is 3.67. The van der Waals surface area contributed by atoms with Crippen LogP contribution in [0.15, 0.2) is 29.4 Å². The Morgan fingerprint density at radius 1 is 1.20 bits per heavy atom. The van der Waals surface area contributed by atoms with Crippen molar-refractivity contribution < 1.29 is 22.7 Å². The minimum absolute atomic E-state index is 0.181. The van der Waals surface area contributed by atoms with Crippen LogP contribution in [0, 0.1) is 13.8 Å². The molecule has 0 saturated carbocycles. The Kier molecular flexibility index (Phi) is 8.48. The molecule has 0 unspecified atom stereocenters. The second-order valence-electron chi connectivity index (χ2n) is 5.61. The summed E-state index contributed by atoms with van der Waals surface area (Å²) >= 11 is 0. The first kappa shape index (κ1) is 21.0. The largest absolute Gasteiger partial charge is 0.490 e. The van der Waals surface area contributed by atoms with E-state index in [0.29, 0.717) is 24.5 Å². The molecular formula is C18H27NO5S. The van der Waals surface area contributed by atoms with Crippen molar-refractivity contribution in [2.45, 2.75) is 34.1 Å². The summed E-state index contributed by atoms with van der Waals surface area (Å²) in [5, 5.41) is 3.72. The van der Waals surface area contributed by atoms with Crippen molar-refractivity contribution in [3.63, 3.8) is 0 Å². The fraction of sp³-hybridized carbons (Fsp3) is 0.500. The maximum Gasteiger partial charge on any atom is 0.190 e. The number of ether oxygens (including phenoxy) is 2. The molecule has 1 aromatic carbocycles. The van der Waals surface area contributed by atoms with E-state index in [1.165, 1.54) is 7.11 Å². The zero-order chi connectivity index (χ0) is 18.9. The second kappa shape index (κ2) is 10.1. The highest BCUT2D eigenvalue weighted by Crippen LogP contribution is 2.28. The molecular weight excluding hydrogens is 342 g/mol. The van der Waals surface area contributed by atoms with Gasteiger partial charge in [0.25, 0.3) is 0 Å². The number of benzene rings is 1. The summed E-state index contributed by atoms with van der Waals surface area (Å²) in [5.74, 6) is 0.698. The molecule has 7 heteroatoms. The summed E-state index contributed by atoms with van der Waals surface area (Å²) in [5.41, 5.74) is 2.12. The van der Waals surface area contributed by atoms with Gasteiger partial charge in [-0.1, -0.05) is 24.2 Å². The van der Waals surface area contributed by atoms with Gasteiger partial charge < -0.3 is 14.3 Å². The molecule has 0 aliphatic carbocycles. The smallest absolute Gasteiger partial charge is 0.190 e. The van der Waals surface area contributed by atoms with E-state index in [1.54, 1.807) is 0 Å². The van der Waals surface area contributed by atoms with Crippen molar-refractivity contribution in [1.82, 2.24) is 0 Å². The number of oxime groups is 1. The van der Waals surface area contributed by atoms with Crippen molar-refractivity contribution >= 4 is 15.5 Å². The highest BCUT2D eigenvalue weighted by atomic mass is 32.2. The van der Waals surface area contributed by atoms with Crippen LogP contribution >= 0.6 is 0 Å². The lowest BCUT2D eigenvalue weighted by atomic mass is 10.1. The molecule has 1 rings (SSSR count). The van der Waals surface area contributed by atoms with Gasteiger partial charge in [-0.3, -0.25) is 0 Å². The zero-order valence-corrected chi connectivity index (χ0v) is 16.4. The molecule has 140 valence electrons. The average molecular weight is 369 g/mol. The third kappa shape index (κ3) is 7.17. The lowest BCUT2D eigenvalue weighted by molar-refractivity contribution is 0.212. The molecule has 0 saturated heterocycles. The molecule has 0 spiro atoms. The highest BCUT2D eigenvalue weighted by molar-refractivity contribution is 7.91. The lowest BCUT2D eigenvalue weighted by Gasteiger charge is -2.14. The Hall–Kier alpha value is -2.02. The van der Waals surface area contributed by atoms with Crippen LogP contribution in [0.25, 0.3) is 0 Å². The predicted molar refractivity (Wildman–Crippen MR) is 100 cm³/mol. The quantitative estimate of drug-likeness (QED) is 0.359. The SMILES string of the molecule is C/C=C/COc1cc(C)c(OCS(=O)(=O)C/C(CC)=N/OC)c(C)c1. The highest BCUT2D eigenvalue weighted by Gasteiger charge is 2.17. The number of rotatable bonds is 10. The summed E-state index contributed by atoms with van der Waals surface area (Å²) in [6.07, 6.45) is 4.33.